The normalized spacial score (nSPS) is 11.5. The third-order valence-electron chi connectivity index (χ3n) is 2.75. The van der Waals surface area contributed by atoms with E-state index >= 15 is 0 Å². The Hall–Kier alpha value is -1.95. The van der Waals surface area contributed by atoms with Crippen LogP contribution in [0, 0.1) is 6.92 Å². The molecule has 0 spiro atoms. The molecule has 0 amide bonds. The second-order valence-electron chi connectivity index (χ2n) is 4.40. The lowest BCUT2D eigenvalue weighted by molar-refractivity contribution is -0.137. The summed E-state index contributed by atoms with van der Waals surface area (Å²) in [4.78, 5) is 4.17. The Morgan fingerprint density at radius 1 is 1.43 bits per heavy atom. The third-order valence-corrected chi connectivity index (χ3v) is 2.99. The van der Waals surface area contributed by atoms with Gasteiger partial charge in [0.25, 0.3) is 0 Å². The number of rotatable bonds is 4. The molecule has 0 unspecified atom stereocenters. The highest BCUT2D eigenvalue weighted by Gasteiger charge is 2.34. The first kappa shape index (κ1) is 15.4. The summed E-state index contributed by atoms with van der Waals surface area (Å²) in [6.45, 7) is 5.66. The van der Waals surface area contributed by atoms with Gasteiger partial charge in [0.05, 0.1) is 16.9 Å². The standard InChI is InChI=1S/C14H13ClF3N3/c1-3-6-19-13-20-9(2)8-21(13)12-5-4-10(15)7-11(12)14(16,17)18/h3-5,7-8H,1,6H2,2H3,(H,19,20). The Morgan fingerprint density at radius 2 is 2.14 bits per heavy atom. The molecule has 0 radical (unpaired) electrons. The molecule has 0 aliphatic carbocycles. The highest BCUT2D eigenvalue weighted by molar-refractivity contribution is 6.30. The SMILES string of the molecule is C=CCNc1nc(C)cn1-c1ccc(Cl)cc1C(F)(F)F. The highest BCUT2D eigenvalue weighted by atomic mass is 35.5. The monoisotopic (exact) mass is 315 g/mol. The number of imidazole rings is 1. The number of nitrogens with one attached hydrogen (secondary N) is 1. The number of anilines is 1. The van der Waals surface area contributed by atoms with Crippen molar-refractivity contribution in [1.29, 1.82) is 0 Å². The van der Waals surface area contributed by atoms with Gasteiger partial charge < -0.3 is 5.32 Å². The number of hydrogen-bond donors (Lipinski definition) is 1. The average molecular weight is 316 g/mol. The maximum Gasteiger partial charge on any atom is 0.418 e. The Bertz CT molecular complexity index is 662. The molecule has 0 aliphatic rings. The van der Waals surface area contributed by atoms with E-state index in [2.05, 4.69) is 16.9 Å². The van der Waals surface area contributed by atoms with Crippen molar-refractivity contribution in [3.63, 3.8) is 0 Å². The molecule has 0 fully saturated rings. The van der Waals surface area contributed by atoms with Gasteiger partial charge in [0.1, 0.15) is 0 Å². The van der Waals surface area contributed by atoms with Crippen LogP contribution < -0.4 is 5.32 Å². The van der Waals surface area contributed by atoms with Crippen LogP contribution in [0.2, 0.25) is 5.02 Å². The van der Waals surface area contributed by atoms with Crippen molar-refractivity contribution in [2.24, 2.45) is 0 Å². The van der Waals surface area contributed by atoms with Crippen LogP contribution in [-0.2, 0) is 6.18 Å². The van der Waals surface area contributed by atoms with E-state index < -0.39 is 11.7 Å². The van der Waals surface area contributed by atoms with Crippen molar-refractivity contribution in [3.8, 4) is 5.69 Å². The summed E-state index contributed by atoms with van der Waals surface area (Å²) in [5, 5.41) is 2.94. The predicted molar refractivity (Wildman–Crippen MR) is 77.0 cm³/mol. The Labute approximate surface area is 125 Å². The number of halogens is 4. The molecule has 2 aromatic rings. The van der Waals surface area contributed by atoms with Crippen LogP contribution in [-0.4, -0.2) is 16.1 Å². The van der Waals surface area contributed by atoms with Crippen molar-refractivity contribution in [2.45, 2.75) is 13.1 Å². The van der Waals surface area contributed by atoms with Gasteiger partial charge in [-0.3, -0.25) is 4.57 Å². The minimum Gasteiger partial charge on any atom is -0.352 e. The molecule has 1 aromatic carbocycles. The number of aromatic nitrogens is 2. The molecule has 0 saturated heterocycles. The second kappa shape index (κ2) is 5.81. The van der Waals surface area contributed by atoms with Crippen molar-refractivity contribution in [2.75, 3.05) is 11.9 Å². The molecule has 1 aromatic heterocycles. The van der Waals surface area contributed by atoms with Gasteiger partial charge in [-0.05, 0) is 25.1 Å². The van der Waals surface area contributed by atoms with Crippen molar-refractivity contribution >= 4 is 17.5 Å². The zero-order valence-corrected chi connectivity index (χ0v) is 12.0. The molecule has 0 bridgehead atoms. The Morgan fingerprint density at radius 3 is 2.76 bits per heavy atom. The lowest BCUT2D eigenvalue weighted by Crippen LogP contribution is -2.13. The molecule has 2 rings (SSSR count). The molecule has 0 atom stereocenters. The van der Waals surface area contributed by atoms with Gasteiger partial charge in [0, 0.05) is 17.8 Å². The molecule has 1 N–H and O–H groups in total. The smallest absolute Gasteiger partial charge is 0.352 e. The van der Waals surface area contributed by atoms with Crippen molar-refractivity contribution in [1.82, 2.24) is 9.55 Å². The van der Waals surface area contributed by atoms with Crippen LogP contribution >= 0.6 is 11.6 Å². The molecule has 7 heteroatoms. The summed E-state index contributed by atoms with van der Waals surface area (Å²) < 4.78 is 40.9. The molecule has 0 saturated carbocycles. The first-order chi connectivity index (χ1) is 9.82. The average Bonchev–Trinajstić information content (AvgIpc) is 2.76. The summed E-state index contributed by atoms with van der Waals surface area (Å²) in [5.41, 5.74) is -0.238. The number of benzene rings is 1. The maximum absolute atomic E-state index is 13.2. The van der Waals surface area contributed by atoms with Crippen LogP contribution in [0.4, 0.5) is 19.1 Å². The number of hydrogen-bond acceptors (Lipinski definition) is 2. The van der Waals surface area contributed by atoms with Gasteiger partial charge in [-0.25, -0.2) is 4.98 Å². The van der Waals surface area contributed by atoms with Crippen molar-refractivity contribution in [3.05, 3.63) is 53.3 Å². The first-order valence-corrected chi connectivity index (χ1v) is 6.48. The van der Waals surface area contributed by atoms with Crippen LogP contribution in [0.15, 0.2) is 37.1 Å². The molecule has 3 nitrogen and oxygen atoms in total. The molecule has 1 heterocycles. The van der Waals surface area contributed by atoms with E-state index in [-0.39, 0.29) is 10.7 Å². The molecular weight excluding hydrogens is 303 g/mol. The summed E-state index contributed by atoms with van der Waals surface area (Å²) in [5.74, 6) is 0.320. The van der Waals surface area contributed by atoms with Crippen molar-refractivity contribution < 1.29 is 13.2 Å². The van der Waals surface area contributed by atoms with E-state index in [4.69, 9.17) is 11.6 Å². The number of alkyl halides is 3. The lowest BCUT2D eigenvalue weighted by atomic mass is 10.1. The van der Waals surface area contributed by atoms with E-state index in [1.807, 2.05) is 0 Å². The van der Waals surface area contributed by atoms with Crippen LogP contribution in [0.3, 0.4) is 0 Å². The van der Waals surface area contributed by atoms with Gasteiger partial charge in [-0.2, -0.15) is 13.2 Å². The topological polar surface area (TPSA) is 29.9 Å². The minimum atomic E-state index is -4.51. The fraction of sp³-hybridized carbons (Fsp3) is 0.214. The van der Waals surface area contributed by atoms with E-state index in [0.717, 1.165) is 6.07 Å². The molecular formula is C14H13ClF3N3. The maximum atomic E-state index is 13.2. The Kier molecular flexibility index (Phi) is 4.27. The summed E-state index contributed by atoms with van der Waals surface area (Å²) in [6, 6.07) is 3.65. The fourth-order valence-corrected chi connectivity index (χ4v) is 2.09. The van der Waals surface area contributed by atoms with Crippen LogP contribution in [0.25, 0.3) is 5.69 Å². The summed E-state index contributed by atoms with van der Waals surface area (Å²) >= 11 is 5.69. The van der Waals surface area contributed by atoms with E-state index in [1.165, 1.54) is 22.9 Å². The quantitative estimate of drug-likeness (QED) is 0.845. The lowest BCUT2D eigenvalue weighted by Gasteiger charge is -2.16. The van der Waals surface area contributed by atoms with Gasteiger partial charge in [0.15, 0.2) is 0 Å². The largest absolute Gasteiger partial charge is 0.418 e. The minimum absolute atomic E-state index is 0.0286. The summed E-state index contributed by atoms with van der Waals surface area (Å²) in [6.07, 6.45) is -1.38. The van der Waals surface area contributed by atoms with Crippen LogP contribution in [0.1, 0.15) is 11.3 Å². The molecule has 0 aliphatic heterocycles. The van der Waals surface area contributed by atoms with E-state index in [9.17, 15) is 13.2 Å². The van der Waals surface area contributed by atoms with Gasteiger partial charge >= 0.3 is 6.18 Å². The Balaban J connectivity index is 2.59. The first-order valence-electron chi connectivity index (χ1n) is 6.11. The number of nitrogens with zero attached hydrogens (tertiary/aromatic N) is 2. The van der Waals surface area contributed by atoms with Gasteiger partial charge in [-0.15, -0.1) is 6.58 Å². The number of aryl methyl sites for hydroxylation is 1. The summed E-state index contributed by atoms with van der Waals surface area (Å²) in [7, 11) is 0. The van der Waals surface area contributed by atoms with E-state index in [1.54, 1.807) is 13.0 Å². The van der Waals surface area contributed by atoms with Gasteiger partial charge in [0.2, 0.25) is 5.95 Å². The third kappa shape index (κ3) is 3.39. The highest BCUT2D eigenvalue weighted by Crippen LogP contribution is 2.36. The van der Waals surface area contributed by atoms with Crippen LogP contribution in [0.5, 0.6) is 0 Å². The predicted octanol–water partition coefficient (Wildman–Crippen LogP) is 4.45. The van der Waals surface area contributed by atoms with Gasteiger partial charge in [-0.1, -0.05) is 17.7 Å². The van der Waals surface area contributed by atoms with E-state index in [0.29, 0.717) is 18.2 Å². The zero-order valence-electron chi connectivity index (χ0n) is 11.2. The molecule has 21 heavy (non-hydrogen) atoms. The second-order valence-corrected chi connectivity index (χ2v) is 4.84. The molecule has 112 valence electrons. The fourth-order valence-electron chi connectivity index (χ4n) is 1.91. The zero-order chi connectivity index (χ0) is 15.6.